The molecule has 0 aliphatic heterocycles. The van der Waals surface area contributed by atoms with Gasteiger partial charge in [-0.3, -0.25) is 4.98 Å². The molecule has 1 aromatic carbocycles. The second-order valence-corrected chi connectivity index (χ2v) is 4.07. The molecule has 0 unspecified atom stereocenters. The molecule has 4 heteroatoms. The van der Waals surface area contributed by atoms with Crippen LogP contribution in [0.25, 0.3) is 10.9 Å². The molecular weight excluding hydrogens is 230 g/mol. The minimum Gasteiger partial charge on any atom is -0.479 e. The molecule has 0 saturated carbocycles. The minimum atomic E-state index is -0.980. The highest BCUT2D eigenvalue weighted by Crippen LogP contribution is 2.27. The monoisotopic (exact) mass is 245 g/mol. The highest BCUT2D eigenvalue weighted by atomic mass is 16.5. The fourth-order valence-corrected chi connectivity index (χ4v) is 1.84. The van der Waals surface area contributed by atoms with Gasteiger partial charge in [-0.25, -0.2) is 4.79 Å². The van der Waals surface area contributed by atoms with E-state index in [9.17, 15) is 4.79 Å². The van der Waals surface area contributed by atoms with E-state index >= 15 is 0 Å². The number of rotatable bonds is 4. The number of carboxylic acid groups (broad SMARTS) is 1. The van der Waals surface area contributed by atoms with Gasteiger partial charge >= 0.3 is 5.97 Å². The number of para-hydroxylation sites is 1. The number of hydrogen-bond donors (Lipinski definition) is 1. The van der Waals surface area contributed by atoms with Gasteiger partial charge in [0.25, 0.3) is 0 Å². The van der Waals surface area contributed by atoms with Crippen LogP contribution in [0.3, 0.4) is 0 Å². The lowest BCUT2D eigenvalue weighted by Gasteiger charge is -2.13. The third kappa shape index (κ3) is 2.27. The third-order valence-corrected chi connectivity index (χ3v) is 2.85. The Morgan fingerprint density at radius 1 is 1.44 bits per heavy atom. The smallest absolute Gasteiger partial charge is 0.344 e. The Kier molecular flexibility index (Phi) is 3.46. The van der Waals surface area contributed by atoms with Crippen molar-refractivity contribution in [2.75, 3.05) is 0 Å². The molecule has 1 atom stereocenters. The van der Waals surface area contributed by atoms with Gasteiger partial charge in [-0.2, -0.15) is 0 Å². The van der Waals surface area contributed by atoms with Crippen molar-refractivity contribution in [2.45, 2.75) is 26.4 Å². The lowest BCUT2D eigenvalue weighted by molar-refractivity contribution is -0.144. The van der Waals surface area contributed by atoms with E-state index in [1.54, 1.807) is 12.3 Å². The van der Waals surface area contributed by atoms with Crippen LogP contribution in [-0.4, -0.2) is 22.2 Å². The Morgan fingerprint density at radius 3 is 2.89 bits per heavy atom. The number of aromatic nitrogens is 1. The summed E-state index contributed by atoms with van der Waals surface area (Å²) < 4.78 is 5.45. The van der Waals surface area contributed by atoms with E-state index in [1.807, 2.05) is 18.2 Å². The molecule has 0 spiro atoms. The molecule has 1 heterocycles. The van der Waals surface area contributed by atoms with Crippen LogP contribution >= 0.6 is 0 Å². The number of carbonyl (C=O) groups is 1. The molecule has 0 aliphatic carbocycles. The highest BCUT2D eigenvalue weighted by molar-refractivity contribution is 5.87. The zero-order valence-electron chi connectivity index (χ0n) is 10.4. The van der Waals surface area contributed by atoms with Gasteiger partial charge in [-0.15, -0.1) is 0 Å². The van der Waals surface area contributed by atoms with Gasteiger partial charge in [0.2, 0.25) is 0 Å². The van der Waals surface area contributed by atoms with E-state index in [4.69, 9.17) is 9.84 Å². The first-order chi connectivity index (χ1) is 8.63. The van der Waals surface area contributed by atoms with Gasteiger partial charge in [0.15, 0.2) is 6.10 Å². The van der Waals surface area contributed by atoms with Crippen LogP contribution in [0.5, 0.6) is 5.75 Å². The molecular formula is C14H15NO3. The molecule has 1 aromatic heterocycles. The van der Waals surface area contributed by atoms with E-state index in [2.05, 4.69) is 11.9 Å². The number of aliphatic carboxylic acids is 1. The minimum absolute atomic E-state index is 0.560. The SMILES string of the molecule is CCc1cccc2c(O[C@@H](C)C(=O)O)ccnc12. The number of ether oxygens (including phenoxy) is 1. The number of benzene rings is 1. The number of hydrogen-bond acceptors (Lipinski definition) is 3. The van der Waals surface area contributed by atoms with Crippen LogP contribution in [0, 0.1) is 0 Å². The highest BCUT2D eigenvalue weighted by Gasteiger charge is 2.14. The average molecular weight is 245 g/mol. The molecule has 0 fully saturated rings. The molecule has 4 nitrogen and oxygen atoms in total. The van der Waals surface area contributed by atoms with Crippen molar-refractivity contribution in [1.29, 1.82) is 0 Å². The summed E-state index contributed by atoms with van der Waals surface area (Å²) in [6.45, 7) is 3.57. The molecule has 0 radical (unpaired) electrons. The number of pyridine rings is 1. The van der Waals surface area contributed by atoms with E-state index in [0.717, 1.165) is 22.9 Å². The van der Waals surface area contributed by atoms with Gasteiger partial charge in [-0.05, 0) is 31.0 Å². The summed E-state index contributed by atoms with van der Waals surface area (Å²) in [6, 6.07) is 7.54. The number of aryl methyl sites for hydroxylation is 1. The van der Waals surface area contributed by atoms with Crippen LogP contribution in [0.2, 0.25) is 0 Å². The Bertz CT molecular complexity index is 580. The summed E-state index contributed by atoms with van der Waals surface area (Å²) >= 11 is 0. The van der Waals surface area contributed by atoms with Crippen LogP contribution in [0.4, 0.5) is 0 Å². The van der Waals surface area contributed by atoms with Gasteiger partial charge < -0.3 is 9.84 Å². The summed E-state index contributed by atoms with van der Waals surface area (Å²) in [6.07, 6.45) is 1.65. The Balaban J connectivity index is 2.49. The standard InChI is InChI=1S/C14H15NO3/c1-3-10-5-4-6-11-12(7-8-15-13(10)11)18-9(2)14(16)17/h4-9H,3H2,1-2H3,(H,16,17)/t9-/m0/s1. The lowest BCUT2D eigenvalue weighted by Crippen LogP contribution is -2.23. The summed E-state index contributed by atoms with van der Waals surface area (Å²) in [5.74, 6) is -0.420. The molecule has 0 amide bonds. The summed E-state index contributed by atoms with van der Waals surface area (Å²) in [5.41, 5.74) is 2.00. The Morgan fingerprint density at radius 2 is 2.22 bits per heavy atom. The van der Waals surface area contributed by atoms with Crippen molar-refractivity contribution in [1.82, 2.24) is 4.98 Å². The van der Waals surface area contributed by atoms with Crippen LogP contribution in [0.1, 0.15) is 19.4 Å². The maximum Gasteiger partial charge on any atom is 0.344 e. The van der Waals surface area contributed by atoms with Crippen molar-refractivity contribution in [2.24, 2.45) is 0 Å². The van der Waals surface area contributed by atoms with E-state index in [1.165, 1.54) is 6.92 Å². The molecule has 0 bridgehead atoms. The first kappa shape index (κ1) is 12.4. The third-order valence-electron chi connectivity index (χ3n) is 2.85. The first-order valence-corrected chi connectivity index (χ1v) is 5.89. The zero-order chi connectivity index (χ0) is 13.1. The van der Waals surface area contributed by atoms with Crippen molar-refractivity contribution in [3.63, 3.8) is 0 Å². The van der Waals surface area contributed by atoms with Gasteiger partial charge in [0.1, 0.15) is 5.75 Å². The average Bonchev–Trinajstić information content (AvgIpc) is 2.38. The van der Waals surface area contributed by atoms with Gasteiger partial charge in [-0.1, -0.05) is 19.1 Å². The Hall–Kier alpha value is -2.10. The fourth-order valence-electron chi connectivity index (χ4n) is 1.84. The number of carboxylic acids is 1. The fraction of sp³-hybridized carbons (Fsp3) is 0.286. The van der Waals surface area contributed by atoms with E-state index in [-0.39, 0.29) is 0 Å². The largest absolute Gasteiger partial charge is 0.479 e. The number of fused-ring (bicyclic) bond motifs is 1. The topological polar surface area (TPSA) is 59.4 Å². The molecule has 1 N–H and O–H groups in total. The molecule has 94 valence electrons. The summed E-state index contributed by atoms with van der Waals surface area (Å²) in [4.78, 5) is 15.2. The first-order valence-electron chi connectivity index (χ1n) is 5.89. The molecule has 18 heavy (non-hydrogen) atoms. The van der Waals surface area contributed by atoms with Gasteiger partial charge in [0.05, 0.1) is 5.52 Å². The van der Waals surface area contributed by atoms with E-state index < -0.39 is 12.1 Å². The normalized spacial score (nSPS) is 12.3. The number of nitrogens with zero attached hydrogens (tertiary/aromatic N) is 1. The quantitative estimate of drug-likeness (QED) is 0.899. The van der Waals surface area contributed by atoms with Gasteiger partial charge in [0, 0.05) is 11.6 Å². The van der Waals surface area contributed by atoms with Crippen LogP contribution in [0.15, 0.2) is 30.5 Å². The predicted molar refractivity (Wildman–Crippen MR) is 68.8 cm³/mol. The van der Waals surface area contributed by atoms with E-state index in [0.29, 0.717) is 5.75 Å². The van der Waals surface area contributed by atoms with Crippen molar-refractivity contribution >= 4 is 16.9 Å². The summed E-state index contributed by atoms with van der Waals surface area (Å²) in [7, 11) is 0. The lowest BCUT2D eigenvalue weighted by atomic mass is 10.1. The summed E-state index contributed by atoms with van der Waals surface area (Å²) in [5, 5.41) is 9.73. The molecule has 0 aliphatic rings. The van der Waals surface area contributed by atoms with Crippen molar-refractivity contribution < 1.29 is 14.6 Å². The van der Waals surface area contributed by atoms with Crippen molar-refractivity contribution in [3.8, 4) is 5.75 Å². The zero-order valence-corrected chi connectivity index (χ0v) is 10.4. The molecule has 2 rings (SSSR count). The predicted octanol–water partition coefficient (Wildman–Crippen LogP) is 2.65. The maximum absolute atomic E-state index is 10.8. The van der Waals surface area contributed by atoms with Crippen LogP contribution in [-0.2, 0) is 11.2 Å². The second-order valence-electron chi connectivity index (χ2n) is 4.07. The van der Waals surface area contributed by atoms with Crippen LogP contribution < -0.4 is 4.74 Å². The second kappa shape index (κ2) is 5.04. The molecule has 2 aromatic rings. The Labute approximate surface area is 105 Å². The van der Waals surface area contributed by atoms with Crippen molar-refractivity contribution in [3.05, 3.63) is 36.0 Å². The maximum atomic E-state index is 10.8. The molecule has 0 saturated heterocycles.